The van der Waals surface area contributed by atoms with Crippen LogP contribution in [0, 0.1) is 0 Å². The topological polar surface area (TPSA) is 18.5 Å². The van der Waals surface area contributed by atoms with E-state index in [0.717, 1.165) is 5.46 Å². The Labute approximate surface area is 244 Å². The third kappa shape index (κ3) is 4.90. The number of rotatable bonds is 4. The summed E-state index contributed by atoms with van der Waals surface area (Å²) in [5, 5.41) is 5.05. The van der Waals surface area contributed by atoms with Crippen molar-refractivity contribution < 1.29 is 9.31 Å². The molecule has 206 valence electrons. The fourth-order valence-corrected chi connectivity index (χ4v) is 6.69. The quantitative estimate of drug-likeness (QED) is 0.212. The summed E-state index contributed by atoms with van der Waals surface area (Å²) < 4.78 is 12.7. The van der Waals surface area contributed by atoms with Gasteiger partial charge in [-0.05, 0) is 113 Å². The van der Waals surface area contributed by atoms with Crippen molar-refractivity contribution in [1.29, 1.82) is 0 Å². The van der Waals surface area contributed by atoms with Gasteiger partial charge >= 0.3 is 7.12 Å². The smallest absolute Gasteiger partial charge is 0.399 e. The molecule has 5 aromatic rings. The molecule has 7 rings (SSSR count). The first-order valence-corrected chi connectivity index (χ1v) is 15.3. The summed E-state index contributed by atoms with van der Waals surface area (Å²) in [6.07, 6.45) is 6.61. The molecule has 1 heterocycles. The van der Waals surface area contributed by atoms with Crippen LogP contribution in [0.25, 0.3) is 43.8 Å². The van der Waals surface area contributed by atoms with Crippen LogP contribution in [0.3, 0.4) is 0 Å². The van der Waals surface area contributed by atoms with Crippen LogP contribution >= 0.6 is 0 Å². The van der Waals surface area contributed by atoms with Crippen LogP contribution in [-0.4, -0.2) is 18.3 Å². The molecule has 1 saturated heterocycles. The van der Waals surface area contributed by atoms with Gasteiger partial charge in [0.25, 0.3) is 0 Å². The van der Waals surface area contributed by atoms with E-state index in [1.165, 1.54) is 81.5 Å². The van der Waals surface area contributed by atoms with Crippen molar-refractivity contribution in [1.82, 2.24) is 0 Å². The Morgan fingerprint density at radius 3 is 2.07 bits per heavy atom. The van der Waals surface area contributed by atoms with Crippen molar-refractivity contribution in [3.63, 3.8) is 0 Å². The first-order valence-electron chi connectivity index (χ1n) is 15.3. The average molecular weight is 539 g/mol. The normalized spacial score (nSPS) is 18.8. The van der Waals surface area contributed by atoms with Gasteiger partial charge in [0.2, 0.25) is 0 Å². The van der Waals surface area contributed by atoms with Gasteiger partial charge in [0, 0.05) is 0 Å². The highest BCUT2D eigenvalue weighted by atomic mass is 16.7. The summed E-state index contributed by atoms with van der Waals surface area (Å²) in [5.74, 6) is 0.639. The average Bonchev–Trinajstić information content (AvgIpc) is 3.22. The standard InChI is InChI=1S/C38H39BO2/c1-37(2)38(3,4)41-39(40-37)34-20-19-28-21-29(17-18-30(28)25-34)32-22-31(26-11-6-5-7-12-26)23-33(24-32)36-16-10-14-27-13-8-9-15-35(27)36/h8-10,13-26H,5-7,11-12H2,1-4H3. The van der Waals surface area contributed by atoms with Crippen molar-refractivity contribution in [2.45, 2.75) is 76.9 Å². The summed E-state index contributed by atoms with van der Waals surface area (Å²) in [5.41, 5.74) is 7.06. The van der Waals surface area contributed by atoms with Crippen LogP contribution in [0.5, 0.6) is 0 Å². The lowest BCUT2D eigenvalue weighted by Crippen LogP contribution is -2.41. The second-order valence-electron chi connectivity index (χ2n) is 13.1. The van der Waals surface area contributed by atoms with Gasteiger partial charge in [0.1, 0.15) is 0 Å². The molecule has 3 heteroatoms. The largest absolute Gasteiger partial charge is 0.494 e. The van der Waals surface area contributed by atoms with E-state index in [-0.39, 0.29) is 18.3 Å². The highest BCUT2D eigenvalue weighted by Gasteiger charge is 2.51. The summed E-state index contributed by atoms with van der Waals surface area (Å²) in [4.78, 5) is 0. The Balaban J connectivity index is 1.30. The Kier molecular flexibility index (Phi) is 6.56. The second kappa shape index (κ2) is 10.2. The van der Waals surface area contributed by atoms with Gasteiger partial charge in [-0.2, -0.15) is 0 Å². The van der Waals surface area contributed by atoms with E-state index in [4.69, 9.17) is 9.31 Å². The van der Waals surface area contributed by atoms with E-state index < -0.39 is 0 Å². The zero-order chi connectivity index (χ0) is 28.2. The van der Waals surface area contributed by atoms with Gasteiger partial charge in [0.15, 0.2) is 0 Å². The molecule has 2 fully saturated rings. The van der Waals surface area contributed by atoms with Crippen LogP contribution < -0.4 is 5.46 Å². The third-order valence-electron chi connectivity index (χ3n) is 9.86. The maximum Gasteiger partial charge on any atom is 0.494 e. The lowest BCUT2D eigenvalue weighted by atomic mass is 9.78. The molecule has 1 saturated carbocycles. The van der Waals surface area contributed by atoms with Crippen LogP contribution in [0.2, 0.25) is 0 Å². The summed E-state index contributed by atoms with van der Waals surface area (Å²) in [7, 11) is -0.348. The molecule has 0 amide bonds. The van der Waals surface area contributed by atoms with Crippen LogP contribution in [0.4, 0.5) is 0 Å². The highest BCUT2D eigenvalue weighted by molar-refractivity contribution is 6.62. The predicted octanol–water partition coefficient (Wildman–Crippen LogP) is 9.67. The minimum atomic E-state index is -0.348. The molecular weight excluding hydrogens is 499 g/mol. The van der Waals surface area contributed by atoms with E-state index in [1.54, 1.807) is 0 Å². The fraction of sp³-hybridized carbons (Fsp3) is 0.316. The zero-order valence-electron chi connectivity index (χ0n) is 24.7. The maximum atomic E-state index is 6.33. The van der Waals surface area contributed by atoms with Crippen LogP contribution in [0.1, 0.15) is 71.3 Å². The van der Waals surface area contributed by atoms with E-state index in [0.29, 0.717) is 5.92 Å². The SMILES string of the molecule is CC1(C)OB(c2ccc3cc(-c4cc(-c5cccc6ccccc56)cc(C5CCCCC5)c4)ccc3c2)OC1(C)C. The molecule has 0 atom stereocenters. The second-order valence-corrected chi connectivity index (χ2v) is 13.1. The lowest BCUT2D eigenvalue weighted by Gasteiger charge is -2.32. The fourth-order valence-electron chi connectivity index (χ4n) is 6.69. The van der Waals surface area contributed by atoms with Crippen molar-refractivity contribution in [2.75, 3.05) is 0 Å². The summed E-state index contributed by atoms with van der Waals surface area (Å²) in [6.45, 7) is 8.42. The van der Waals surface area contributed by atoms with Gasteiger partial charge in [-0.3, -0.25) is 0 Å². The molecule has 2 aliphatic rings. The molecule has 0 aromatic heterocycles. The van der Waals surface area contributed by atoms with E-state index in [1.807, 2.05) is 0 Å². The Morgan fingerprint density at radius 1 is 0.585 bits per heavy atom. The van der Waals surface area contributed by atoms with Crippen LogP contribution in [-0.2, 0) is 9.31 Å². The molecule has 2 nitrogen and oxygen atoms in total. The molecule has 1 aliphatic heterocycles. The number of hydrogen-bond acceptors (Lipinski definition) is 2. The van der Waals surface area contributed by atoms with Gasteiger partial charge in [0.05, 0.1) is 11.2 Å². The first kappa shape index (κ1) is 26.5. The van der Waals surface area contributed by atoms with Gasteiger partial charge in [-0.1, -0.05) is 104 Å². The van der Waals surface area contributed by atoms with Crippen molar-refractivity contribution >= 4 is 34.1 Å². The van der Waals surface area contributed by atoms with E-state index in [9.17, 15) is 0 Å². The monoisotopic (exact) mass is 538 g/mol. The Bertz CT molecular complexity index is 1720. The van der Waals surface area contributed by atoms with Crippen LogP contribution in [0.15, 0.2) is 97.1 Å². The minimum Gasteiger partial charge on any atom is -0.399 e. The summed E-state index contributed by atoms with van der Waals surface area (Å²) >= 11 is 0. The molecule has 5 aromatic carbocycles. The third-order valence-corrected chi connectivity index (χ3v) is 9.86. The van der Waals surface area contributed by atoms with E-state index in [2.05, 4.69) is 125 Å². The highest BCUT2D eigenvalue weighted by Crippen LogP contribution is 2.40. The Hall–Kier alpha value is -3.40. The molecule has 0 bridgehead atoms. The van der Waals surface area contributed by atoms with Crippen molar-refractivity contribution in [2.24, 2.45) is 0 Å². The molecule has 41 heavy (non-hydrogen) atoms. The van der Waals surface area contributed by atoms with Crippen molar-refractivity contribution in [3.8, 4) is 22.3 Å². The Morgan fingerprint density at radius 2 is 1.27 bits per heavy atom. The van der Waals surface area contributed by atoms with Gasteiger partial charge < -0.3 is 9.31 Å². The minimum absolute atomic E-state index is 0.346. The summed E-state index contributed by atoms with van der Waals surface area (Å²) in [6, 6.07) is 36.2. The molecule has 1 aliphatic carbocycles. The predicted molar refractivity (Wildman–Crippen MR) is 174 cm³/mol. The number of fused-ring (bicyclic) bond motifs is 2. The van der Waals surface area contributed by atoms with E-state index >= 15 is 0 Å². The first-order chi connectivity index (χ1) is 19.8. The van der Waals surface area contributed by atoms with Gasteiger partial charge in [-0.25, -0.2) is 0 Å². The maximum absolute atomic E-state index is 6.33. The molecule has 0 unspecified atom stereocenters. The molecular formula is C38H39BO2. The molecule has 0 radical (unpaired) electrons. The number of hydrogen-bond donors (Lipinski definition) is 0. The zero-order valence-corrected chi connectivity index (χ0v) is 24.7. The lowest BCUT2D eigenvalue weighted by molar-refractivity contribution is 0.00578. The number of benzene rings is 5. The molecule has 0 N–H and O–H groups in total. The van der Waals surface area contributed by atoms with Gasteiger partial charge in [-0.15, -0.1) is 0 Å². The molecule has 0 spiro atoms. The van der Waals surface area contributed by atoms with Crippen molar-refractivity contribution in [3.05, 3.63) is 103 Å².